The Morgan fingerprint density at radius 1 is 1.44 bits per heavy atom. The first-order valence-electron chi connectivity index (χ1n) is 5.41. The standard InChI is InChI=1S/C10H18N2O4/c11-3-4-16-7-9(13)12(6-10(14)15)5-8-1-2-8/h8H,1-7,11H2,(H,14,15). The summed E-state index contributed by atoms with van der Waals surface area (Å²) in [6, 6.07) is 0. The molecule has 0 aromatic rings. The summed E-state index contributed by atoms with van der Waals surface area (Å²) in [5.74, 6) is -0.798. The van der Waals surface area contributed by atoms with Gasteiger partial charge in [-0.15, -0.1) is 0 Å². The molecule has 1 aliphatic rings. The lowest BCUT2D eigenvalue weighted by molar-refractivity contribution is -0.146. The maximum atomic E-state index is 11.6. The summed E-state index contributed by atoms with van der Waals surface area (Å²) in [5, 5.41) is 8.68. The number of carboxylic acids is 1. The van der Waals surface area contributed by atoms with Crippen LogP contribution in [0.2, 0.25) is 0 Å². The van der Waals surface area contributed by atoms with E-state index in [1.807, 2.05) is 0 Å². The SMILES string of the molecule is NCCOCC(=O)N(CC(=O)O)CC1CC1. The molecule has 16 heavy (non-hydrogen) atoms. The average molecular weight is 230 g/mol. The number of carboxylic acid groups (broad SMARTS) is 1. The fourth-order valence-corrected chi connectivity index (χ4v) is 1.36. The molecule has 92 valence electrons. The van der Waals surface area contributed by atoms with Crippen LogP contribution in [-0.4, -0.2) is 54.7 Å². The van der Waals surface area contributed by atoms with Gasteiger partial charge in [0, 0.05) is 13.1 Å². The van der Waals surface area contributed by atoms with E-state index in [9.17, 15) is 9.59 Å². The number of aliphatic carboxylic acids is 1. The summed E-state index contributed by atoms with van der Waals surface area (Å²) in [6.07, 6.45) is 2.15. The van der Waals surface area contributed by atoms with Gasteiger partial charge >= 0.3 is 5.97 Å². The topological polar surface area (TPSA) is 92.9 Å². The number of carbonyl (C=O) groups is 2. The molecule has 6 heteroatoms. The van der Waals surface area contributed by atoms with Crippen molar-refractivity contribution >= 4 is 11.9 Å². The van der Waals surface area contributed by atoms with Gasteiger partial charge in [-0.05, 0) is 18.8 Å². The quantitative estimate of drug-likeness (QED) is 0.537. The van der Waals surface area contributed by atoms with E-state index in [1.54, 1.807) is 0 Å². The summed E-state index contributed by atoms with van der Waals surface area (Å²) >= 11 is 0. The fourth-order valence-electron chi connectivity index (χ4n) is 1.36. The summed E-state index contributed by atoms with van der Waals surface area (Å²) in [6.45, 7) is 0.862. The molecule has 1 saturated carbocycles. The predicted molar refractivity (Wildman–Crippen MR) is 56.8 cm³/mol. The second-order valence-corrected chi connectivity index (χ2v) is 3.95. The van der Waals surface area contributed by atoms with Crippen molar-refractivity contribution in [2.75, 3.05) is 32.8 Å². The largest absolute Gasteiger partial charge is 0.480 e. The minimum Gasteiger partial charge on any atom is -0.480 e. The number of hydrogen-bond acceptors (Lipinski definition) is 4. The van der Waals surface area contributed by atoms with Crippen molar-refractivity contribution in [1.29, 1.82) is 0 Å². The molecule has 0 aromatic carbocycles. The average Bonchev–Trinajstić information content (AvgIpc) is 3.00. The van der Waals surface area contributed by atoms with Crippen molar-refractivity contribution < 1.29 is 19.4 Å². The Bertz CT molecular complexity index is 253. The third-order valence-electron chi connectivity index (χ3n) is 2.34. The van der Waals surface area contributed by atoms with Crippen LogP contribution in [0.15, 0.2) is 0 Å². The van der Waals surface area contributed by atoms with Gasteiger partial charge < -0.3 is 20.5 Å². The summed E-state index contributed by atoms with van der Waals surface area (Å²) in [7, 11) is 0. The number of hydrogen-bond donors (Lipinski definition) is 2. The molecule has 1 aliphatic carbocycles. The lowest BCUT2D eigenvalue weighted by atomic mass is 10.3. The summed E-state index contributed by atoms with van der Waals surface area (Å²) in [5.41, 5.74) is 5.22. The van der Waals surface area contributed by atoms with Crippen LogP contribution in [-0.2, 0) is 14.3 Å². The van der Waals surface area contributed by atoms with Crippen molar-refractivity contribution in [3.05, 3.63) is 0 Å². The highest BCUT2D eigenvalue weighted by atomic mass is 16.5. The highest BCUT2D eigenvalue weighted by Gasteiger charge is 2.27. The molecule has 1 fully saturated rings. The van der Waals surface area contributed by atoms with Gasteiger partial charge in [0.2, 0.25) is 5.91 Å². The number of nitrogens with two attached hydrogens (primary N) is 1. The third kappa shape index (κ3) is 5.09. The van der Waals surface area contributed by atoms with Gasteiger partial charge in [-0.3, -0.25) is 9.59 Å². The monoisotopic (exact) mass is 230 g/mol. The van der Waals surface area contributed by atoms with Crippen molar-refractivity contribution in [2.24, 2.45) is 11.7 Å². The zero-order valence-electron chi connectivity index (χ0n) is 9.22. The maximum absolute atomic E-state index is 11.6. The van der Waals surface area contributed by atoms with Crippen LogP contribution in [0.4, 0.5) is 0 Å². The van der Waals surface area contributed by atoms with Crippen molar-refractivity contribution in [3.8, 4) is 0 Å². The smallest absolute Gasteiger partial charge is 0.323 e. The van der Waals surface area contributed by atoms with Crippen molar-refractivity contribution in [2.45, 2.75) is 12.8 Å². The molecule has 0 atom stereocenters. The van der Waals surface area contributed by atoms with Crippen LogP contribution in [0.25, 0.3) is 0 Å². The van der Waals surface area contributed by atoms with E-state index in [0.29, 0.717) is 25.6 Å². The van der Waals surface area contributed by atoms with E-state index in [1.165, 1.54) is 4.90 Å². The molecule has 1 amide bonds. The molecule has 1 rings (SSSR count). The highest BCUT2D eigenvalue weighted by Crippen LogP contribution is 2.29. The molecule has 0 radical (unpaired) electrons. The Hall–Kier alpha value is -1.14. The Morgan fingerprint density at radius 3 is 2.62 bits per heavy atom. The van der Waals surface area contributed by atoms with E-state index in [2.05, 4.69) is 0 Å². The number of ether oxygens (including phenoxy) is 1. The zero-order valence-corrected chi connectivity index (χ0v) is 9.22. The van der Waals surface area contributed by atoms with E-state index in [-0.39, 0.29) is 19.1 Å². The molecule has 0 heterocycles. The van der Waals surface area contributed by atoms with Gasteiger partial charge in [0.15, 0.2) is 0 Å². The molecule has 0 unspecified atom stereocenters. The summed E-state index contributed by atoms with van der Waals surface area (Å²) in [4.78, 5) is 23.5. The first kappa shape index (κ1) is 12.9. The van der Waals surface area contributed by atoms with E-state index in [4.69, 9.17) is 15.6 Å². The molecule has 0 aromatic heterocycles. The van der Waals surface area contributed by atoms with Gasteiger partial charge in [-0.25, -0.2) is 0 Å². The second-order valence-electron chi connectivity index (χ2n) is 3.95. The van der Waals surface area contributed by atoms with Gasteiger partial charge in [0.25, 0.3) is 0 Å². The maximum Gasteiger partial charge on any atom is 0.323 e. The number of nitrogens with zero attached hydrogens (tertiary/aromatic N) is 1. The number of carbonyl (C=O) groups excluding carboxylic acids is 1. The number of amides is 1. The third-order valence-corrected chi connectivity index (χ3v) is 2.34. The van der Waals surface area contributed by atoms with Crippen molar-refractivity contribution in [3.63, 3.8) is 0 Å². The molecule has 3 N–H and O–H groups in total. The lowest BCUT2D eigenvalue weighted by Gasteiger charge is -2.20. The summed E-state index contributed by atoms with van der Waals surface area (Å²) < 4.78 is 5.00. The molecule has 0 bridgehead atoms. The lowest BCUT2D eigenvalue weighted by Crippen LogP contribution is -2.39. The van der Waals surface area contributed by atoms with Gasteiger partial charge in [-0.2, -0.15) is 0 Å². The minimum atomic E-state index is -0.993. The van der Waals surface area contributed by atoms with Crippen LogP contribution in [0, 0.1) is 5.92 Å². The van der Waals surface area contributed by atoms with E-state index in [0.717, 1.165) is 12.8 Å². The Labute approximate surface area is 94.3 Å². The van der Waals surface area contributed by atoms with E-state index >= 15 is 0 Å². The zero-order chi connectivity index (χ0) is 12.0. The Kier molecular flexibility index (Phi) is 5.21. The van der Waals surface area contributed by atoms with Gasteiger partial charge in [-0.1, -0.05) is 0 Å². The Morgan fingerprint density at radius 2 is 2.12 bits per heavy atom. The van der Waals surface area contributed by atoms with Gasteiger partial charge in [0.1, 0.15) is 13.2 Å². The van der Waals surface area contributed by atoms with Crippen molar-refractivity contribution in [1.82, 2.24) is 4.90 Å². The fraction of sp³-hybridized carbons (Fsp3) is 0.800. The molecular formula is C10H18N2O4. The van der Waals surface area contributed by atoms with Crippen LogP contribution in [0.1, 0.15) is 12.8 Å². The Balaban J connectivity index is 2.33. The predicted octanol–water partition coefficient (Wildman–Crippen LogP) is -0.715. The first-order valence-corrected chi connectivity index (χ1v) is 5.41. The van der Waals surface area contributed by atoms with Crippen LogP contribution >= 0.6 is 0 Å². The second kappa shape index (κ2) is 6.44. The van der Waals surface area contributed by atoms with Crippen LogP contribution in [0.3, 0.4) is 0 Å². The molecule has 0 saturated heterocycles. The first-order chi connectivity index (χ1) is 7.63. The van der Waals surface area contributed by atoms with Gasteiger partial charge in [0.05, 0.1) is 6.61 Å². The van der Waals surface area contributed by atoms with E-state index < -0.39 is 5.97 Å². The molecule has 0 aliphatic heterocycles. The number of rotatable bonds is 8. The van der Waals surface area contributed by atoms with Crippen LogP contribution in [0.5, 0.6) is 0 Å². The minimum absolute atomic E-state index is 0.0861. The molecule has 0 spiro atoms. The normalized spacial score (nSPS) is 14.8. The molecular weight excluding hydrogens is 212 g/mol. The van der Waals surface area contributed by atoms with Crippen LogP contribution < -0.4 is 5.73 Å². The molecule has 6 nitrogen and oxygen atoms in total. The highest BCUT2D eigenvalue weighted by molar-refractivity contribution is 5.82.